The van der Waals surface area contributed by atoms with Gasteiger partial charge in [-0.15, -0.1) is 0 Å². The number of benzene rings is 1. The second-order valence-electron chi connectivity index (χ2n) is 3.81. The summed E-state index contributed by atoms with van der Waals surface area (Å²) < 4.78 is 44.1. The average molecular weight is 275 g/mol. The second kappa shape index (κ2) is 4.63. The maximum Gasteiger partial charge on any atom is 0.335 e. The molecule has 0 unspecified atom stereocenters. The molecule has 0 bridgehead atoms. The molecular weight excluding hydrogens is 265 g/mol. The first-order valence-electron chi connectivity index (χ1n) is 5.03. The van der Waals surface area contributed by atoms with Crippen LogP contribution in [0.3, 0.4) is 0 Å². The van der Waals surface area contributed by atoms with Crippen LogP contribution < -0.4 is 4.72 Å². The third-order valence-corrected chi connectivity index (χ3v) is 3.96. The van der Waals surface area contributed by atoms with E-state index in [4.69, 9.17) is 9.84 Å². The molecule has 0 radical (unpaired) electrons. The fraction of sp³-hybridized carbons (Fsp3) is 0.300. The van der Waals surface area contributed by atoms with Crippen molar-refractivity contribution in [3.8, 4) is 0 Å². The largest absolute Gasteiger partial charge is 0.478 e. The predicted octanol–water partition coefficient (Wildman–Crippen LogP) is 0.201. The number of hydrogen-bond acceptors (Lipinski definition) is 4. The van der Waals surface area contributed by atoms with Crippen LogP contribution >= 0.6 is 0 Å². The van der Waals surface area contributed by atoms with E-state index in [2.05, 4.69) is 4.72 Å². The first kappa shape index (κ1) is 12.9. The minimum atomic E-state index is -4.08. The van der Waals surface area contributed by atoms with Crippen molar-refractivity contribution in [2.45, 2.75) is 10.9 Å². The Hall–Kier alpha value is -1.51. The van der Waals surface area contributed by atoms with Gasteiger partial charge in [0.2, 0.25) is 10.0 Å². The fourth-order valence-corrected chi connectivity index (χ4v) is 2.74. The van der Waals surface area contributed by atoms with Gasteiger partial charge >= 0.3 is 5.97 Å². The molecule has 1 aliphatic rings. The summed E-state index contributed by atoms with van der Waals surface area (Å²) in [6, 6.07) is 2.21. The summed E-state index contributed by atoms with van der Waals surface area (Å²) in [5, 5.41) is 8.75. The van der Waals surface area contributed by atoms with Gasteiger partial charge in [-0.1, -0.05) is 0 Å². The summed E-state index contributed by atoms with van der Waals surface area (Å²) in [5.74, 6) is -2.31. The van der Waals surface area contributed by atoms with Crippen LogP contribution in [0, 0.1) is 5.82 Å². The molecule has 0 aromatic heterocycles. The Morgan fingerprint density at radius 3 is 2.61 bits per heavy atom. The Kier molecular flexibility index (Phi) is 3.33. The van der Waals surface area contributed by atoms with Gasteiger partial charge in [0.25, 0.3) is 0 Å². The first-order valence-corrected chi connectivity index (χ1v) is 6.51. The summed E-state index contributed by atoms with van der Waals surface area (Å²) >= 11 is 0. The number of halogens is 1. The smallest absolute Gasteiger partial charge is 0.335 e. The van der Waals surface area contributed by atoms with E-state index in [9.17, 15) is 17.6 Å². The van der Waals surface area contributed by atoms with Gasteiger partial charge in [-0.25, -0.2) is 22.3 Å². The molecule has 1 aliphatic heterocycles. The van der Waals surface area contributed by atoms with Crippen molar-refractivity contribution in [2.24, 2.45) is 0 Å². The quantitative estimate of drug-likeness (QED) is 0.819. The third kappa shape index (κ3) is 2.50. The van der Waals surface area contributed by atoms with E-state index in [1.807, 2.05) is 0 Å². The Bertz CT molecular complexity index is 582. The number of hydrogen-bond donors (Lipinski definition) is 2. The SMILES string of the molecule is O=C(O)c1ccc(F)c(S(=O)(=O)NC2COC2)c1. The van der Waals surface area contributed by atoms with Crippen molar-refractivity contribution in [1.82, 2.24) is 4.72 Å². The van der Waals surface area contributed by atoms with Crippen molar-refractivity contribution in [3.63, 3.8) is 0 Å². The van der Waals surface area contributed by atoms with Crippen molar-refractivity contribution in [3.05, 3.63) is 29.6 Å². The van der Waals surface area contributed by atoms with Gasteiger partial charge < -0.3 is 9.84 Å². The third-order valence-electron chi connectivity index (χ3n) is 2.43. The lowest BCUT2D eigenvalue weighted by Crippen LogP contribution is -2.48. The zero-order chi connectivity index (χ0) is 13.3. The van der Waals surface area contributed by atoms with E-state index in [0.717, 1.165) is 18.2 Å². The lowest BCUT2D eigenvalue weighted by molar-refractivity contribution is 0.00480. The van der Waals surface area contributed by atoms with Gasteiger partial charge in [-0.2, -0.15) is 0 Å². The van der Waals surface area contributed by atoms with Crippen LogP contribution in [0.5, 0.6) is 0 Å². The molecular formula is C10H10FNO5S. The summed E-state index contributed by atoms with van der Waals surface area (Å²) in [6.45, 7) is 0.443. The van der Waals surface area contributed by atoms with Gasteiger partial charge in [0.05, 0.1) is 24.8 Å². The zero-order valence-electron chi connectivity index (χ0n) is 9.09. The Balaban J connectivity index is 2.35. The van der Waals surface area contributed by atoms with Crippen LogP contribution in [0.2, 0.25) is 0 Å². The first-order chi connectivity index (χ1) is 8.40. The molecule has 0 atom stereocenters. The zero-order valence-corrected chi connectivity index (χ0v) is 9.91. The lowest BCUT2D eigenvalue weighted by Gasteiger charge is -2.26. The summed E-state index contributed by atoms with van der Waals surface area (Å²) in [7, 11) is -4.08. The van der Waals surface area contributed by atoms with Crippen molar-refractivity contribution < 1.29 is 27.4 Å². The van der Waals surface area contributed by atoms with E-state index in [1.165, 1.54) is 0 Å². The highest BCUT2D eigenvalue weighted by atomic mass is 32.2. The van der Waals surface area contributed by atoms with Crippen molar-refractivity contribution in [2.75, 3.05) is 13.2 Å². The van der Waals surface area contributed by atoms with Gasteiger partial charge in [0.15, 0.2) is 0 Å². The maximum absolute atomic E-state index is 13.5. The number of carbonyl (C=O) groups is 1. The maximum atomic E-state index is 13.5. The highest BCUT2D eigenvalue weighted by molar-refractivity contribution is 7.89. The number of rotatable bonds is 4. The molecule has 2 N–H and O–H groups in total. The molecule has 98 valence electrons. The van der Waals surface area contributed by atoms with Gasteiger partial charge in [0, 0.05) is 0 Å². The molecule has 0 saturated carbocycles. The lowest BCUT2D eigenvalue weighted by atomic mass is 10.2. The fourth-order valence-electron chi connectivity index (χ4n) is 1.43. The highest BCUT2D eigenvalue weighted by Crippen LogP contribution is 2.17. The minimum Gasteiger partial charge on any atom is -0.478 e. The highest BCUT2D eigenvalue weighted by Gasteiger charge is 2.28. The van der Waals surface area contributed by atoms with E-state index < -0.39 is 32.7 Å². The Labute approximate surface area is 102 Å². The van der Waals surface area contributed by atoms with Gasteiger partial charge in [0.1, 0.15) is 10.7 Å². The number of aromatic carboxylic acids is 1. The number of ether oxygens (including phenoxy) is 1. The molecule has 1 aromatic rings. The van der Waals surface area contributed by atoms with Crippen LogP contribution in [0.1, 0.15) is 10.4 Å². The molecule has 1 saturated heterocycles. The molecule has 1 heterocycles. The molecule has 1 fully saturated rings. The monoisotopic (exact) mass is 275 g/mol. The summed E-state index contributed by atoms with van der Waals surface area (Å²) in [4.78, 5) is 10.1. The van der Waals surface area contributed by atoms with Crippen LogP contribution in [-0.4, -0.2) is 38.7 Å². The summed E-state index contributed by atoms with van der Waals surface area (Å²) in [5.41, 5.74) is -0.290. The molecule has 0 aliphatic carbocycles. The minimum absolute atomic E-state index is 0.222. The standard InChI is InChI=1S/C10H10FNO5S/c11-8-2-1-6(10(13)14)3-9(8)18(15,16)12-7-4-17-5-7/h1-3,7,12H,4-5H2,(H,13,14). The Morgan fingerprint density at radius 1 is 1.44 bits per heavy atom. The molecule has 0 spiro atoms. The van der Waals surface area contributed by atoms with E-state index in [1.54, 1.807) is 0 Å². The number of nitrogens with one attached hydrogen (secondary N) is 1. The predicted molar refractivity (Wildman–Crippen MR) is 58.3 cm³/mol. The average Bonchev–Trinajstić information content (AvgIpc) is 2.24. The molecule has 18 heavy (non-hydrogen) atoms. The molecule has 8 heteroatoms. The molecule has 6 nitrogen and oxygen atoms in total. The number of sulfonamides is 1. The van der Waals surface area contributed by atoms with Crippen molar-refractivity contribution in [1.29, 1.82) is 0 Å². The second-order valence-corrected chi connectivity index (χ2v) is 5.49. The van der Waals surface area contributed by atoms with Crippen LogP contribution in [0.25, 0.3) is 0 Å². The van der Waals surface area contributed by atoms with E-state index >= 15 is 0 Å². The topological polar surface area (TPSA) is 92.7 Å². The summed E-state index contributed by atoms with van der Waals surface area (Å²) in [6.07, 6.45) is 0. The normalized spacial score (nSPS) is 16.3. The van der Waals surface area contributed by atoms with Crippen LogP contribution in [0.4, 0.5) is 4.39 Å². The van der Waals surface area contributed by atoms with E-state index in [-0.39, 0.29) is 18.8 Å². The molecule has 2 rings (SSSR count). The van der Waals surface area contributed by atoms with Gasteiger partial charge in [-0.05, 0) is 18.2 Å². The van der Waals surface area contributed by atoms with E-state index in [0.29, 0.717) is 0 Å². The Morgan fingerprint density at radius 2 is 2.11 bits per heavy atom. The number of carboxylic acid groups (broad SMARTS) is 1. The van der Waals surface area contributed by atoms with Crippen molar-refractivity contribution >= 4 is 16.0 Å². The van der Waals surface area contributed by atoms with Crippen LogP contribution in [0.15, 0.2) is 23.1 Å². The number of carboxylic acids is 1. The molecule has 0 amide bonds. The van der Waals surface area contributed by atoms with Gasteiger partial charge in [-0.3, -0.25) is 0 Å². The van der Waals surface area contributed by atoms with Crippen LogP contribution in [-0.2, 0) is 14.8 Å². The molecule has 1 aromatic carbocycles.